The molecular formula is C38H55N7O6. The van der Waals surface area contributed by atoms with Gasteiger partial charge >= 0.3 is 5.97 Å². The highest BCUT2D eigenvalue weighted by Gasteiger charge is 2.47. The van der Waals surface area contributed by atoms with Gasteiger partial charge in [-0.3, -0.25) is 28.9 Å². The second-order valence-corrected chi connectivity index (χ2v) is 14.7. The van der Waals surface area contributed by atoms with E-state index in [2.05, 4.69) is 16.0 Å². The average Bonchev–Trinajstić information content (AvgIpc) is 3.09. The first kappa shape index (κ1) is 39.5. The lowest BCUT2D eigenvalue weighted by Gasteiger charge is -2.56. The number of piperidine rings is 1. The number of nitrogens with two attached hydrogens (primary N) is 2. The minimum absolute atomic E-state index is 0.0160. The van der Waals surface area contributed by atoms with Crippen LogP contribution in [0.2, 0.25) is 0 Å². The number of carboxylic acid groups (broad SMARTS) is 1. The molecule has 13 nitrogen and oxygen atoms in total. The molecule has 6 unspecified atom stereocenters. The van der Waals surface area contributed by atoms with E-state index in [0.717, 1.165) is 17.5 Å². The molecule has 51 heavy (non-hydrogen) atoms. The van der Waals surface area contributed by atoms with Crippen molar-refractivity contribution in [2.24, 2.45) is 17.4 Å². The van der Waals surface area contributed by atoms with E-state index in [1.54, 1.807) is 11.8 Å². The highest BCUT2D eigenvalue weighted by Crippen LogP contribution is 2.32. The molecule has 6 atom stereocenters. The molecule has 5 rings (SSSR count). The molecule has 2 bridgehead atoms. The minimum Gasteiger partial charge on any atom is -0.480 e. The number of piperazine rings is 1. The maximum Gasteiger partial charge on any atom is 0.317 e. The molecule has 8 N–H and O–H groups in total. The van der Waals surface area contributed by atoms with Crippen molar-refractivity contribution in [3.05, 3.63) is 71.8 Å². The van der Waals surface area contributed by atoms with Gasteiger partial charge in [0.2, 0.25) is 23.6 Å². The third kappa shape index (κ3) is 11.3. The predicted octanol–water partition coefficient (Wildman–Crippen LogP) is 1.19. The molecule has 0 aliphatic carbocycles. The number of carboxylic acids is 1. The quantitative estimate of drug-likeness (QED) is 0.116. The summed E-state index contributed by atoms with van der Waals surface area (Å²) in [5.41, 5.74) is 12.6. The summed E-state index contributed by atoms with van der Waals surface area (Å²) in [7, 11) is 0. The number of fused-ring (bicyclic) bond motifs is 2. The van der Waals surface area contributed by atoms with Crippen molar-refractivity contribution in [3.63, 3.8) is 0 Å². The van der Waals surface area contributed by atoms with Crippen LogP contribution in [-0.2, 0) is 36.8 Å². The van der Waals surface area contributed by atoms with Gasteiger partial charge in [-0.1, -0.05) is 74.5 Å². The molecule has 0 spiro atoms. The van der Waals surface area contributed by atoms with Crippen molar-refractivity contribution in [2.75, 3.05) is 26.2 Å². The number of hydrogen-bond donors (Lipinski definition) is 6. The van der Waals surface area contributed by atoms with Crippen molar-refractivity contribution in [1.82, 2.24) is 25.8 Å². The summed E-state index contributed by atoms with van der Waals surface area (Å²) in [6.45, 7) is 6.66. The first-order chi connectivity index (χ1) is 24.3. The Bertz CT molecular complexity index is 1480. The maximum absolute atomic E-state index is 14.0. The number of carbonyl (C=O) groups is 5. The second-order valence-electron chi connectivity index (χ2n) is 14.7. The van der Waals surface area contributed by atoms with E-state index in [9.17, 15) is 29.1 Å². The van der Waals surface area contributed by atoms with Crippen molar-refractivity contribution >= 4 is 29.6 Å². The van der Waals surface area contributed by atoms with Gasteiger partial charge < -0.3 is 37.4 Å². The zero-order valence-electron chi connectivity index (χ0n) is 30.1. The van der Waals surface area contributed by atoms with Crippen molar-refractivity contribution in [1.29, 1.82) is 0 Å². The van der Waals surface area contributed by atoms with Crippen LogP contribution in [-0.4, -0.2) is 106 Å². The lowest BCUT2D eigenvalue weighted by Crippen LogP contribution is -2.71. The predicted molar refractivity (Wildman–Crippen MR) is 194 cm³/mol. The van der Waals surface area contributed by atoms with Crippen LogP contribution < -0.4 is 27.4 Å². The van der Waals surface area contributed by atoms with Crippen LogP contribution in [0.3, 0.4) is 0 Å². The number of amides is 4. The summed E-state index contributed by atoms with van der Waals surface area (Å²) in [6.07, 6.45) is 3.23. The number of aliphatic carboxylic acids is 1. The number of carbonyl (C=O) groups excluding carboxylic acids is 4. The summed E-state index contributed by atoms with van der Waals surface area (Å²) in [5, 5.41) is 18.0. The molecule has 3 heterocycles. The SMILES string of the molecule is CC(C)CC(NC(=O)C(Cc1ccccc1)NC(=O)C(C)(N)Cc1ccccc1)C(=O)NC(CCCCN)C(=O)N1CC2CC(C1)N2CC(=O)O. The molecule has 278 valence electrons. The molecule has 0 saturated carbocycles. The Kier molecular flexibility index (Phi) is 14.1. The molecule has 4 amide bonds. The number of rotatable bonds is 19. The highest BCUT2D eigenvalue weighted by molar-refractivity contribution is 5.95. The molecular weight excluding hydrogens is 650 g/mol. The van der Waals surface area contributed by atoms with E-state index in [4.69, 9.17) is 11.5 Å². The lowest BCUT2D eigenvalue weighted by molar-refractivity contribution is -0.154. The average molecular weight is 706 g/mol. The summed E-state index contributed by atoms with van der Waals surface area (Å²) in [4.78, 5) is 70.3. The van der Waals surface area contributed by atoms with E-state index in [1.165, 1.54) is 0 Å². The topological polar surface area (TPSA) is 200 Å². The number of benzene rings is 2. The van der Waals surface area contributed by atoms with Gasteiger partial charge in [-0.2, -0.15) is 0 Å². The largest absolute Gasteiger partial charge is 0.480 e. The molecule has 3 aliphatic rings. The number of nitrogens with zero attached hydrogens (tertiary/aromatic N) is 2. The Labute approximate surface area is 300 Å². The molecule has 2 aromatic carbocycles. The smallest absolute Gasteiger partial charge is 0.317 e. The molecule has 0 radical (unpaired) electrons. The van der Waals surface area contributed by atoms with Crippen molar-refractivity contribution in [3.8, 4) is 0 Å². The fourth-order valence-corrected chi connectivity index (χ4v) is 6.98. The van der Waals surface area contributed by atoms with Gasteiger partial charge in [0.1, 0.15) is 18.1 Å². The fraction of sp³-hybridized carbons (Fsp3) is 0.553. The standard InChI is InChI=1S/C38H55N7O6/c1-25(2)18-31(34(48)41-30(16-10-11-17-39)36(50)44-22-28-20-29(23-44)45(28)24-33(46)47)42-35(49)32(19-26-12-6-4-7-13-26)43-37(51)38(3,40)21-27-14-8-5-9-15-27/h4-9,12-15,25,28-32H,10-11,16-24,39-40H2,1-3H3,(H,41,48)(H,42,49)(H,43,51)(H,46,47). The Balaban J connectivity index is 1.48. The van der Waals surface area contributed by atoms with Crippen LogP contribution in [0.25, 0.3) is 0 Å². The first-order valence-electron chi connectivity index (χ1n) is 18.0. The minimum atomic E-state index is -1.32. The maximum atomic E-state index is 14.0. The van der Waals surface area contributed by atoms with Crippen LogP contribution in [0, 0.1) is 5.92 Å². The van der Waals surface area contributed by atoms with Gasteiger partial charge in [0, 0.05) is 31.6 Å². The van der Waals surface area contributed by atoms with Crippen LogP contribution in [0.1, 0.15) is 64.0 Å². The van der Waals surface area contributed by atoms with E-state index in [0.29, 0.717) is 45.3 Å². The van der Waals surface area contributed by atoms with Crippen LogP contribution >= 0.6 is 0 Å². The number of nitrogens with one attached hydrogen (secondary N) is 3. The van der Waals surface area contributed by atoms with Gasteiger partial charge in [-0.05, 0) is 69.0 Å². The van der Waals surface area contributed by atoms with E-state index in [1.807, 2.05) is 79.4 Å². The van der Waals surface area contributed by atoms with Gasteiger partial charge in [0.15, 0.2) is 0 Å². The molecule has 13 heteroatoms. The summed E-state index contributed by atoms with van der Waals surface area (Å²) in [6, 6.07) is 15.8. The summed E-state index contributed by atoms with van der Waals surface area (Å²) in [5.74, 6) is -2.64. The van der Waals surface area contributed by atoms with E-state index < -0.39 is 47.4 Å². The molecule has 0 aromatic heterocycles. The Morgan fingerprint density at radius 2 is 1.41 bits per heavy atom. The van der Waals surface area contributed by atoms with Gasteiger partial charge in [-0.15, -0.1) is 0 Å². The summed E-state index contributed by atoms with van der Waals surface area (Å²) < 4.78 is 0. The number of hydrogen-bond acceptors (Lipinski definition) is 8. The van der Waals surface area contributed by atoms with Crippen molar-refractivity contribution < 1.29 is 29.1 Å². The second kappa shape index (κ2) is 18.2. The number of unbranched alkanes of at least 4 members (excludes halogenated alkanes) is 1. The lowest BCUT2D eigenvalue weighted by atomic mass is 9.87. The Hall–Kier alpha value is -4.33. The molecule has 3 saturated heterocycles. The van der Waals surface area contributed by atoms with E-state index >= 15 is 0 Å². The summed E-state index contributed by atoms with van der Waals surface area (Å²) >= 11 is 0. The van der Waals surface area contributed by atoms with Crippen LogP contribution in [0.4, 0.5) is 0 Å². The molecule has 3 aliphatic heterocycles. The normalized spacial score (nSPS) is 19.9. The Morgan fingerprint density at radius 3 is 1.98 bits per heavy atom. The monoisotopic (exact) mass is 705 g/mol. The fourth-order valence-electron chi connectivity index (χ4n) is 6.98. The highest BCUT2D eigenvalue weighted by atomic mass is 16.4. The molecule has 3 fully saturated rings. The van der Waals surface area contributed by atoms with Crippen LogP contribution in [0.15, 0.2) is 60.7 Å². The zero-order chi connectivity index (χ0) is 37.1. The Morgan fingerprint density at radius 1 is 0.843 bits per heavy atom. The third-order valence-corrected chi connectivity index (χ3v) is 9.71. The van der Waals surface area contributed by atoms with Gasteiger partial charge in [-0.25, -0.2) is 0 Å². The van der Waals surface area contributed by atoms with Gasteiger partial charge in [0.25, 0.3) is 0 Å². The molecule has 2 aromatic rings. The first-order valence-corrected chi connectivity index (χ1v) is 18.0. The zero-order valence-corrected chi connectivity index (χ0v) is 30.1. The van der Waals surface area contributed by atoms with Crippen molar-refractivity contribution in [2.45, 2.75) is 101 Å². The third-order valence-electron chi connectivity index (χ3n) is 9.71. The van der Waals surface area contributed by atoms with E-state index in [-0.39, 0.29) is 43.3 Å². The van der Waals surface area contributed by atoms with Crippen LogP contribution in [0.5, 0.6) is 0 Å². The van der Waals surface area contributed by atoms with Gasteiger partial charge in [0.05, 0.1) is 12.1 Å².